The molecular formula is C18H15F3O3. The lowest BCUT2D eigenvalue weighted by Crippen LogP contribution is -2.06. The van der Waals surface area contributed by atoms with Crippen molar-refractivity contribution in [3.8, 4) is 11.1 Å². The van der Waals surface area contributed by atoms with Gasteiger partial charge in [-0.25, -0.2) is 0 Å². The summed E-state index contributed by atoms with van der Waals surface area (Å²) in [4.78, 5) is 11.1. The molecule has 1 fully saturated rings. The van der Waals surface area contributed by atoms with Crippen molar-refractivity contribution in [3.63, 3.8) is 0 Å². The van der Waals surface area contributed by atoms with Crippen LogP contribution in [0, 0.1) is 5.92 Å². The summed E-state index contributed by atoms with van der Waals surface area (Å²) >= 11 is 0. The second-order valence-corrected chi connectivity index (χ2v) is 5.90. The highest BCUT2D eigenvalue weighted by Gasteiger charge is 2.45. The minimum atomic E-state index is -4.48. The Labute approximate surface area is 136 Å². The first kappa shape index (κ1) is 16.5. The van der Waals surface area contributed by atoms with Crippen molar-refractivity contribution in [3.05, 3.63) is 59.2 Å². The molecule has 3 rings (SSSR count). The highest BCUT2D eigenvalue weighted by atomic mass is 19.4. The topological polar surface area (TPSA) is 57.5 Å². The summed E-state index contributed by atoms with van der Waals surface area (Å²) < 4.78 is 38.5. The van der Waals surface area contributed by atoms with E-state index in [-0.39, 0.29) is 11.5 Å². The van der Waals surface area contributed by atoms with Crippen LogP contribution in [0.25, 0.3) is 11.1 Å². The van der Waals surface area contributed by atoms with Gasteiger partial charge in [-0.2, -0.15) is 13.2 Å². The van der Waals surface area contributed by atoms with Gasteiger partial charge in [0.1, 0.15) is 0 Å². The van der Waals surface area contributed by atoms with Crippen LogP contribution in [0.4, 0.5) is 13.2 Å². The zero-order valence-corrected chi connectivity index (χ0v) is 12.5. The van der Waals surface area contributed by atoms with E-state index in [2.05, 4.69) is 0 Å². The number of aliphatic carboxylic acids is 1. The third-order valence-electron chi connectivity index (χ3n) is 4.36. The maximum Gasteiger partial charge on any atom is 0.416 e. The third-order valence-corrected chi connectivity index (χ3v) is 4.36. The Morgan fingerprint density at radius 1 is 1.12 bits per heavy atom. The van der Waals surface area contributed by atoms with Gasteiger partial charge in [0.05, 0.1) is 18.1 Å². The van der Waals surface area contributed by atoms with Gasteiger partial charge in [0, 0.05) is 0 Å². The SMILES string of the molecule is O=C(O)[C@@H]1C[C@H]1c1ccccc1-c1ccc(C(F)(F)F)cc1CO. The summed E-state index contributed by atoms with van der Waals surface area (Å²) in [5, 5.41) is 18.6. The van der Waals surface area contributed by atoms with Crippen LogP contribution in [-0.4, -0.2) is 16.2 Å². The van der Waals surface area contributed by atoms with Crippen molar-refractivity contribution < 1.29 is 28.2 Å². The first-order valence-electron chi connectivity index (χ1n) is 7.46. The number of rotatable bonds is 4. The van der Waals surface area contributed by atoms with Crippen LogP contribution < -0.4 is 0 Å². The molecule has 0 unspecified atom stereocenters. The first-order valence-corrected chi connectivity index (χ1v) is 7.46. The molecule has 1 aliphatic rings. The number of benzene rings is 2. The molecule has 0 heterocycles. The highest BCUT2D eigenvalue weighted by Crippen LogP contribution is 2.50. The van der Waals surface area contributed by atoms with Crippen molar-refractivity contribution >= 4 is 5.97 Å². The van der Waals surface area contributed by atoms with Crippen molar-refractivity contribution in [1.29, 1.82) is 0 Å². The van der Waals surface area contributed by atoms with Gasteiger partial charge in [-0.1, -0.05) is 30.3 Å². The summed E-state index contributed by atoms with van der Waals surface area (Å²) in [6.45, 7) is -0.527. The fourth-order valence-corrected chi connectivity index (χ4v) is 3.04. The summed E-state index contributed by atoms with van der Waals surface area (Å²) in [5.74, 6) is -1.48. The van der Waals surface area contributed by atoms with Gasteiger partial charge in [-0.15, -0.1) is 0 Å². The maximum absolute atomic E-state index is 12.8. The molecular weight excluding hydrogens is 321 g/mol. The van der Waals surface area contributed by atoms with Gasteiger partial charge in [0.25, 0.3) is 0 Å². The van der Waals surface area contributed by atoms with Crippen molar-refractivity contribution in [1.82, 2.24) is 0 Å². The second-order valence-electron chi connectivity index (χ2n) is 5.90. The minimum Gasteiger partial charge on any atom is -0.481 e. The Kier molecular flexibility index (Phi) is 4.09. The number of aliphatic hydroxyl groups excluding tert-OH is 1. The molecule has 0 aliphatic heterocycles. The number of halogens is 3. The molecule has 0 bridgehead atoms. The highest BCUT2D eigenvalue weighted by molar-refractivity contribution is 5.78. The van der Waals surface area contributed by atoms with E-state index in [4.69, 9.17) is 5.11 Å². The zero-order chi connectivity index (χ0) is 17.5. The standard InChI is InChI=1S/C18H15F3O3/c19-18(20,21)11-5-6-12(10(7-11)9-22)13-3-1-2-4-14(13)15-8-16(15)17(23)24/h1-7,15-16,22H,8-9H2,(H,23,24)/t15-,16+/m0/s1. The third kappa shape index (κ3) is 3.01. The number of aliphatic hydroxyl groups is 1. The fourth-order valence-electron chi connectivity index (χ4n) is 3.04. The molecule has 1 saturated carbocycles. The van der Waals surface area contributed by atoms with Gasteiger partial charge in [-0.3, -0.25) is 4.79 Å². The summed E-state index contributed by atoms with van der Waals surface area (Å²) in [5.41, 5.74) is 1.31. The van der Waals surface area contributed by atoms with Crippen LogP contribution in [0.15, 0.2) is 42.5 Å². The van der Waals surface area contributed by atoms with E-state index < -0.39 is 30.2 Å². The lowest BCUT2D eigenvalue weighted by molar-refractivity contribution is -0.139. The predicted molar refractivity (Wildman–Crippen MR) is 81.3 cm³/mol. The molecule has 6 heteroatoms. The lowest BCUT2D eigenvalue weighted by Gasteiger charge is -2.15. The Bertz CT molecular complexity index is 783. The molecule has 126 valence electrons. The summed E-state index contributed by atoms with van der Waals surface area (Å²) in [7, 11) is 0. The molecule has 2 aromatic rings. The van der Waals surface area contributed by atoms with E-state index in [1.54, 1.807) is 24.3 Å². The Morgan fingerprint density at radius 2 is 1.83 bits per heavy atom. The molecule has 1 aliphatic carbocycles. The summed E-state index contributed by atoms with van der Waals surface area (Å²) in [6, 6.07) is 10.3. The number of carbonyl (C=O) groups is 1. The van der Waals surface area contributed by atoms with E-state index in [1.807, 2.05) is 0 Å². The van der Waals surface area contributed by atoms with Crippen LogP contribution in [0.1, 0.15) is 29.0 Å². The molecule has 2 N–H and O–H groups in total. The van der Waals surface area contributed by atoms with Gasteiger partial charge in [0.15, 0.2) is 0 Å². The van der Waals surface area contributed by atoms with E-state index in [1.165, 1.54) is 6.07 Å². The molecule has 0 amide bonds. The van der Waals surface area contributed by atoms with Gasteiger partial charge in [0.2, 0.25) is 0 Å². The van der Waals surface area contributed by atoms with Gasteiger partial charge in [-0.05, 0) is 46.7 Å². The van der Waals surface area contributed by atoms with Crippen LogP contribution in [0.2, 0.25) is 0 Å². The number of alkyl halides is 3. The minimum absolute atomic E-state index is 0.146. The van der Waals surface area contributed by atoms with Gasteiger partial charge >= 0.3 is 12.1 Å². The van der Waals surface area contributed by atoms with Crippen LogP contribution in [0.3, 0.4) is 0 Å². The van der Waals surface area contributed by atoms with Crippen LogP contribution in [0.5, 0.6) is 0 Å². The Morgan fingerprint density at radius 3 is 2.42 bits per heavy atom. The lowest BCUT2D eigenvalue weighted by atomic mass is 9.91. The van der Waals surface area contributed by atoms with E-state index in [9.17, 15) is 23.1 Å². The average molecular weight is 336 g/mol. The number of hydrogen-bond donors (Lipinski definition) is 2. The number of hydrogen-bond acceptors (Lipinski definition) is 2. The monoisotopic (exact) mass is 336 g/mol. The predicted octanol–water partition coefficient (Wildman–Crippen LogP) is 4.05. The van der Waals surface area contributed by atoms with E-state index in [0.29, 0.717) is 17.5 Å². The largest absolute Gasteiger partial charge is 0.481 e. The molecule has 0 saturated heterocycles. The molecule has 3 nitrogen and oxygen atoms in total. The number of carboxylic acid groups (broad SMARTS) is 1. The first-order chi connectivity index (χ1) is 11.3. The zero-order valence-electron chi connectivity index (χ0n) is 12.5. The number of carboxylic acids is 1. The second kappa shape index (κ2) is 5.94. The normalized spacial score (nSPS) is 20.0. The van der Waals surface area contributed by atoms with Crippen molar-refractivity contribution in [2.75, 3.05) is 0 Å². The van der Waals surface area contributed by atoms with Crippen molar-refractivity contribution in [2.24, 2.45) is 5.92 Å². The van der Waals surface area contributed by atoms with Gasteiger partial charge < -0.3 is 10.2 Å². The average Bonchev–Trinajstić information content (AvgIpc) is 3.34. The maximum atomic E-state index is 12.8. The molecule has 0 spiro atoms. The molecule has 2 atom stereocenters. The summed E-state index contributed by atoms with van der Waals surface area (Å²) in [6.07, 6.45) is -3.96. The molecule has 0 radical (unpaired) electrons. The Hall–Kier alpha value is -2.34. The molecule has 2 aromatic carbocycles. The molecule has 24 heavy (non-hydrogen) atoms. The quantitative estimate of drug-likeness (QED) is 0.885. The van der Waals surface area contributed by atoms with Crippen LogP contribution >= 0.6 is 0 Å². The van der Waals surface area contributed by atoms with E-state index in [0.717, 1.165) is 17.7 Å². The van der Waals surface area contributed by atoms with Crippen LogP contribution in [-0.2, 0) is 17.6 Å². The smallest absolute Gasteiger partial charge is 0.416 e. The van der Waals surface area contributed by atoms with Crippen molar-refractivity contribution in [2.45, 2.75) is 25.1 Å². The fraction of sp³-hybridized carbons (Fsp3) is 0.278. The Balaban J connectivity index is 2.06. The van der Waals surface area contributed by atoms with E-state index >= 15 is 0 Å². The molecule has 0 aromatic heterocycles.